The summed E-state index contributed by atoms with van der Waals surface area (Å²) in [6.45, 7) is 7.77. The predicted octanol–water partition coefficient (Wildman–Crippen LogP) is 2.95. The maximum absolute atomic E-state index is 4.11. The second-order valence-electron chi connectivity index (χ2n) is 4.37. The van der Waals surface area contributed by atoms with Gasteiger partial charge in [-0.15, -0.1) is 0 Å². The van der Waals surface area contributed by atoms with E-state index in [1.165, 1.54) is 18.4 Å². The van der Waals surface area contributed by atoms with Gasteiger partial charge in [0.1, 0.15) is 6.33 Å². The first-order valence-corrected chi connectivity index (χ1v) is 6.27. The highest BCUT2D eigenvalue weighted by molar-refractivity contribution is 5.10. The number of rotatable bonds is 7. The third-order valence-corrected chi connectivity index (χ3v) is 2.87. The monoisotopic (exact) mass is 221 g/mol. The summed E-state index contributed by atoms with van der Waals surface area (Å²) in [5.41, 5.74) is 1.21. The van der Waals surface area contributed by atoms with E-state index >= 15 is 0 Å². The van der Waals surface area contributed by atoms with Crippen LogP contribution in [-0.2, 0) is 0 Å². The molecule has 0 aliphatic heterocycles. The van der Waals surface area contributed by atoms with Crippen LogP contribution in [0.25, 0.3) is 0 Å². The summed E-state index contributed by atoms with van der Waals surface area (Å²) in [5.74, 6) is 0.627. The molecule has 0 aliphatic carbocycles. The SMILES string of the molecule is CCCNC(c1cncnc1)C(C)CCC. The fraction of sp³-hybridized carbons (Fsp3) is 0.692. The molecule has 3 nitrogen and oxygen atoms in total. The van der Waals surface area contributed by atoms with Crippen molar-refractivity contribution >= 4 is 0 Å². The van der Waals surface area contributed by atoms with Crippen molar-refractivity contribution in [2.45, 2.75) is 46.1 Å². The van der Waals surface area contributed by atoms with Crippen LogP contribution < -0.4 is 5.32 Å². The summed E-state index contributed by atoms with van der Waals surface area (Å²) in [4.78, 5) is 8.21. The van der Waals surface area contributed by atoms with Crippen LogP contribution in [0.3, 0.4) is 0 Å². The molecule has 16 heavy (non-hydrogen) atoms. The van der Waals surface area contributed by atoms with Crippen molar-refractivity contribution in [3.63, 3.8) is 0 Å². The van der Waals surface area contributed by atoms with Gasteiger partial charge in [0.2, 0.25) is 0 Å². The van der Waals surface area contributed by atoms with Crippen LogP contribution in [0.5, 0.6) is 0 Å². The summed E-state index contributed by atoms with van der Waals surface area (Å²) in [6.07, 6.45) is 9.04. The number of aromatic nitrogens is 2. The van der Waals surface area contributed by atoms with Gasteiger partial charge in [-0.25, -0.2) is 9.97 Å². The lowest BCUT2D eigenvalue weighted by Crippen LogP contribution is -2.28. The van der Waals surface area contributed by atoms with E-state index in [1.807, 2.05) is 12.4 Å². The van der Waals surface area contributed by atoms with Crippen molar-refractivity contribution in [2.75, 3.05) is 6.54 Å². The molecule has 0 fully saturated rings. The Morgan fingerprint density at radius 1 is 1.19 bits per heavy atom. The zero-order chi connectivity index (χ0) is 11.8. The fourth-order valence-electron chi connectivity index (χ4n) is 2.04. The van der Waals surface area contributed by atoms with Crippen LogP contribution in [0.1, 0.15) is 51.6 Å². The van der Waals surface area contributed by atoms with Gasteiger partial charge in [0.05, 0.1) is 0 Å². The van der Waals surface area contributed by atoms with Crippen LogP contribution in [0.4, 0.5) is 0 Å². The summed E-state index contributed by atoms with van der Waals surface area (Å²) in [5, 5.41) is 3.59. The summed E-state index contributed by atoms with van der Waals surface area (Å²) >= 11 is 0. The summed E-state index contributed by atoms with van der Waals surface area (Å²) < 4.78 is 0. The molecule has 0 spiro atoms. The highest BCUT2D eigenvalue weighted by atomic mass is 14.9. The van der Waals surface area contributed by atoms with Gasteiger partial charge in [-0.3, -0.25) is 0 Å². The van der Waals surface area contributed by atoms with Gasteiger partial charge in [-0.2, -0.15) is 0 Å². The number of nitrogens with zero attached hydrogens (tertiary/aromatic N) is 2. The minimum atomic E-state index is 0.390. The lowest BCUT2D eigenvalue weighted by atomic mass is 9.92. The predicted molar refractivity (Wildman–Crippen MR) is 67.1 cm³/mol. The Morgan fingerprint density at radius 2 is 1.88 bits per heavy atom. The molecule has 1 rings (SSSR count). The molecule has 1 N–H and O–H groups in total. The third-order valence-electron chi connectivity index (χ3n) is 2.87. The summed E-state index contributed by atoms with van der Waals surface area (Å²) in [6, 6.07) is 0.390. The Bertz CT molecular complexity index is 274. The van der Waals surface area contributed by atoms with Crippen LogP contribution in [0.2, 0.25) is 0 Å². The van der Waals surface area contributed by atoms with Crippen molar-refractivity contribution in [3.8, 4) is 0 Å². The molecular weight excluding hydrogens is 198 g/mol. The zero-order valence-electron chi connectivity index (χ0n) is 10.6. The molecule has 2 atom stereocenters. The quantitative estimate of drug-likeness (QED) is 0.769. The minimum Gasteiger partial charge on any atom is -0.310 e. The first-order chi connectivity index (χ1) is 7.79. The molecule has 1 heterocycles. The number of hydrogen-bond acceptors (Lipinski definition) is 3. The molecule has 1 aromatic rings. The smallest absolute Gasteiger partial charge is 0.115 e. The van der Waals surface area contributed by atoms with Crippen molar-refractivity contribution < 1.29 is 0 Å². The van der Waals surface area contributed by atoms with E-state index in [4.69, 9.17) is 0 Å². The second-order valence-corrected chi connectivity index (χ2v) is 4.37. The van der Waals surface area contributed by atoms with E-state index in [9.17, 15) is 0 Å². The Morgan fingerprint density at radius 3 is 2.44 bits per heavy atom. The molecule has 0 saturated carbocycles. The molecule has 2 unspecified atom stereocenters. The molecule has 3 heteroatoms. The van der Waals surface area contributed by atoms with Crippen LogP contribution in [0.15, 0.2) is 18.7 Å². The van der Waals surface area contributed by atoms with Gasteiger partial charge in [-0.05, 0) is 25.3 Å². The average molecular weight is 221 g/mol. The average Bonchev–Trinajstić information content (AvgIpc) is 2.31. The second kappa shape index (κ2) is 7.34. The highest BCUT2D eigenvalue weighted by Crippen LogP contribution is 2.24. The molecule has 0 radical (unpaired) electrons. The normalized spacial score (nSPS) is 14.7. The number of hydrogen-bond donors (Lipinski definition) is 1. The molecule has 90 valence electrons. The standard InChI is InChI=1S/C13H23N3/c1-4-6-11(3)13(16-7-5-2)12-8-14-10-15-9-12/h8-11,13,16H,4-7H2,1-3H3. The Labute approximate surface area is 98.7 Å². The van der Waals surface area contributed by atoms with E-state index in [0.29, 0.717) is 12.0 Å². The van der Waals surface area contributed by atoms with Gasteiger partial charge >= 0.3 is 0 Å². The topological polar surface area (TPSA) is 37.8 Å². The Kier molecular flexibility index (Phi) is 6.01. The van der Waals surface area contributed by atoms with Crippen molar-refractivity contribution in [1.29, 1.82) is 0 Å². The largest absolute Gasteiger partial charge is 0.310 e. The lowest BCUT2D eigenvalue weighted by Gasteiger charge is -2.24. The molecular formula is C13H23N3. The van der Waals surface area contributed by atoms with E-state index in [0.717, 1.165) is 13.0 Å². The molecule has 0 bridgehead atoms. The molecule has 1 aromatic heterocycles. The lowest BCUT2D eigenvalue weighted by molar-refractivity contribution is 0.362. The van der Waals surface area contributed by atoms with E-state index < -0.39 is 0 Å². The maximum atomic E-state index is 4.11. The zero-order valence-corrected chi connectivity index (χ0v) is 10.6. The molecule has 0 aromatic carbocycles. The van der Waals surface area contributed by atoms with Gasteiger partial charge < -0.3 is 5.32 Å². The van der Waals surface area contributed by atoms with E-state index in [2.05, 4.69) is 36.1 Å². The molecule has 0 aliphatic rings. The molecule has 0 saturated heterocycles. The fourth-order valence-corrected chi connectivity index (χ4v) is 2.04. The minimum absolute atomic E-state index is 0.390. The maximum Gasteiger partial charge on any atom is 0.115 e. The number of nitrogens with one attached hydrogen (secondary N) is 1. The Balaban J connectivity index is 2.70. The van der Waals surface area contributed by atoms with E-state index in [-0.39, 0.29) is 0 Å². The van der Waals surface area contributed by atoms with Crippen LogP contribution >= 0.6 is 0 Å². The molecule has 0 amide bonds. The van der Waals surface area contributed by atoms with Gasteiger partial charge in [0, 0.05) is 24.0 Å². The summed E-state index contributed by atoms with van der Waals surface area (Å²) in [7, 11) is 0. The Hall–Kier alpha value is -0.960. The van der Waals surface area contributed by atoms with Crippen LogP contribution in [0, 0.1) is 5.92 Å². The van der Waals surface area contributed by atoms with E-state index in [1.54, 1.807) is 6.33 Å². The van der Waals surface area contributed by atoms with Crippen LogP contribution in [-0.4, -0.2) is 16.5 Å². The first kappa shape index (κ1) is 13.1. The van der Waals surface area contributed by atoms with Gasteiger partial charge in [0.15, 0.2) is 0 Å². The third kappa shape index (κ3) is 3.89. The van der Waals surface area contributed by atoms with Crippen molar-refractivity contribution in [3.05, 3.63) is 24.3 Å². The van der Waals surface area contributed by atoms with Gasteiger partial charge in [-0.1, -0.05) is 27.2 Å². The van der Waals surface area contributed by atoms with Gasteiger partial charge in [0.25, 0.3) is 0 Å². The first-order valence-electron chi connectivity index (χ1n) is 6.27. The van der Waals surface area contributed by atoms with Crippen molar-refractivity contribution in [1.82, 2.24) is 15.3 Å². The van der Waals surface area contributed by atoms with Crippen molar-refractivity contribution in [2.24, 2.45) is 5.92 Å². The highest BCUT2D eigenvalue weighted by Gasteiger charge is 2.18.